The van der Waals surface area contributed by atoms with Crippen LogP contribution in [0.4, 0.5) is 17.3 Å². The number of benzene rings is 1. The van der Waals surface area contributed by atoms with E-state index in [2.05, 4.69) is 56.4 Å². The molecule has 5 heteroatoms. The van der Waals surface area contributed by atoms with Crippen LogP contribution < -0.4 is 10.6 Å². The van der Waals surface area contributed by atoms with E-state index in [0.717, 1.165) is 34.8 Å². The van der Waals surface area contributed by atoms with Crippen molar-refractivity contribution in [3.05, 3.63) is 40.6 Å². The molecular formula is C15H19BrN4. The molecule has 0 atom stereocenters. The third kappa shape index (κ3) is 4.20. The largest absolute Gasteiger partial charge is 0.370 e. The number of hydrogen-bond donors (Lipinski definition) is 2. The van der Waals surface area contributed by atoms with Gasteiger partial charge in [0.25, 0.3) is 0 Å². The minimum atomic E-state index is 0.787. The Morgan fingerprint density at radius 3 is 2.70 bits per heavy atom. The molecule has 1 heterocycles. The van der Waals surface area contributed by atoms with Gasteiger partial charge in [0, 0.05) is 22.8 Å². The fourth-order valence-electron chi connectivity index (χ4n) is 1.73. The quantitative estimate of drug-likeness (QED) is 0.763. The van der Waals surface area contributed by atoms with Gasteiger partial charge in [0.05, 0.1) is 0 Å². The molecule has 0 fully saturated rings. The van der Waals surface area contributed by atoms with Crippen molar-refractivity contribution in [2.75, 3.05) is 17.2 Å². The summed E-state index contributed by atoms with van der Waals surface area (Å²) in [5, 5.41) is 6.57. The van der Waals surface area contributed by atoms with Gasteiger partial charge in [-0.05, 0) is 31.0 Å². The Balaban J connectivity index is 2.05. The highest BCUT2D eigenvalue weighted by Crippen LogP contribution is 2.23. The highest BCUT2D eigenvalue weighted by atomic mass is 79.9. The van der Waals surface area contributed by atoms with Crippen molar-refractivity contribution in [2.24, 2.45) is 0 Å². The first kappa shape index (κ1) is 14.8. The molecule has 0 spiro atoms. The second-order valence-electron chi connectivity index (χ2n) is 4.66. The number of unbranched alkanes of at least 4 members (excludes halogenated alkanes) is 1. The third-order valence-electron chi connectivity index (χ3n) is 2.95. The maximum atomic E-state index is 4.24. The topological polar surface area (TPSA) is 49.8 Å². The van der Waals surface area contributed by atoms with Crippen LogP contribution in [0.2, 0.25) is 0 Å². The van der Waals surface area contributed by atoms with Crippen LogP contribution in [-0.4, -0.2) is 16.5 Å². The summed E-state index contributed by atoms with van der Waals surface area (Å²) >= 11 is 3.53. The van der Waals surface area contributed by atoms with Gasteiger partial charge in [-0.25, -0.2) is 9.97 Å². The molecule has 1 aromatic carbocycles. The Kier molecular flexibility index (Phi) is 5.35. The number of nitrogens with one attached hydrogen (secondary N) is 2. The maximum Gasteiger partial charge on any atom is 0.135 e. The predicted octanol–water partition coefficient (Wildman–Crippen LogP) is 4.50. The Bertz CT molecular complexity index is 572. The number of aromatic nitrogens is 2. The van der Waals surface area contributed by atoms with Crippen LogP contribution in [0.25, 0.3) is 0 Å². The number of anilines is 3. The molecular weight excluding hydrogens is 316 g/mol. The first-order valence-corrected chi connectivity index (χ1v) is 7.57. The molecule has 2 rings (SSSR count). The SMILES string of the molecule is CCCCNc1cc(Nc2ccc(C)c(Br)c2)ncn1. The molecule has 2 aromatic rings. The molecule has 0 aliphatic heterocycles. The van der Waals surface area contributed by atoms with E-state index < -0.39 is 0 Å². The van der Waals surface area contributed by atoms with Gasteiger partial charge in [0.15, 0.2) is 0 Å². The Labute approximate surface area is 128 Å². The number of nitrogens with zero attached hydrogens (tertiary/aromatic N) is 2. The Morgan fingerprint density at radius 1 is 1.15 bits per heavy atom. The second-order valence-corrected chi connectivity index (χ2v) is 5.51. The Hall–Kier alpha value is -1.62. The lowest BCUT2D eigenvalue weighted by atomic mass is 10.2. The average molecular weight is 335 g/mol. The zero-order valence-corrected chi connectivity index (χ0v) is 13.4. The molecule has 0 unspecified atom stereocenters. The fraction of sp³-hybridized carbons (Fsp3) is 0.333. The minimum Gasteiger partial charge on any atom is -0.370 e. The monoisotopic (exact) mass is 334 g/mol. The van der Waals surface area contributed by atoms with Gasteiger partial charge in [-0.2, -0.15) is 0 Å². The van der Waals surface area contributed by atoms with Gasteiger partial charge in [-0.15, -0.1) is 0 Å². The summed E-state index contributed by atoms with van der Waals surface area (Å²) in [5.41, 5.74) is 2.21. The smallest absolute Gasteiger partial charge is 0.135 e. The third-order valence-corrected chi connectivity index (χ3v) is 3.80. The molecule has 20 heavy (non-hydrogen) atoms. The van der Waals surface area contributed by atoms with Crippen LogP contribution in [0.1, 0.15) is 25.3 Å². The molecule has 2 N–H and O–H groups in total. The maximum absolute atomic E-state index is 4.24. The van der Waals surface area contributed by atoms with Crippen LogP contribution in [-0.2, 0) is 0 Å². The molecule has 0 aliphatic carbocycles. The second kappa shape index (κ2) is 7.24. The van der Waals surface area contributed by atoms with Gasteiger partial charge in [-0.3, -0.25) is 0 Å². The number of aryl methyl sites for hydroxylation is 1. The lowest BCUT2D eigenvalue weighted by Crippen LogP contribution is -2.04. The normalized spacial score (nSPS) is 10.3. The molecule has 1 aromatic heterocycles. The van der Waals surface area contributed by atoms with E-state index in [-0.39, 0.29) is 0 Å². The van der Waals surface area contributed by atoms with E-state index in [9.17, 15) is 0 Å². The summed E-state index contributed by atoms with van der Waals surface area (Å²) in [6, 6.07) is 8.06. The van der Waals surface area contributed by atoms with E-state index in [1.807, 2.05) is 18.2 Å². The van der Waals surface area contributed by atoms with E-state index in [4.69, 9.17) is 0 Å². The van der Waals surface area contributed by atoms with Crippen molar-refractivity contribution < 1.29 is 0 Å². The lowest BCUT2D eigenvalue weighted by molar-refractivity contribution is 0.830. The highest BCUT2D eigenvalue weighted by Gasteiger charge is 2.01. The lowest BCUT2D eigenvalue weighted by Gasteiger charge is -2.09. The molecule has 0 radical (unpaired) electrons. The van der Waals surface area contributed by atoms with Crippen molar-refractivity contribution in [1.82, 2.24) is 9.97 Å². The van der Waals surface area contributed by atoms with Crippen molar-refractivity contribution in [3.8, 4) is 0 Å². The van der Waals surface area contributed by atoms with Crippen molar-refractivity contribution in [3.63, 3.8) is 0 Å². The zero-order valence-electron chi connectivity index (χ0n) is 11.8. The molecule has 0 saturated carbocycles. The molecule has 0 amide bonds. The summed E-state index contributed by atoms with van der Waals surface area (Å²) in [5.74, 6) is 1.64. The zero-order chi connectivity index (χ0) is 14.4. The summed E-state index contributed by atoms with van der Waals surface area (Å²) in [7, 11) is 0. The van der Waals surface area contributed by atoms with Crippen LogP contribution in [0.5, 0.6) is 0 Å². The number of rotatable bonds is 6. The summed E-state index contributed by atoms with van der Waals surface area (Å²) in [4.78, 5) is 8.45. The number of halogens is 1. The van der Waals surface area contributed by atoms with Gasteiger partial charge in [-0.1, -0.05) is 35.3 Å². The number of hydrogen-bond acceptors (Lipinski definition) is 4. The molecule has 0 saturated heterocycles. The van der Waals surface area contributed by atoms with Crippen LogP contribution in [0.3, 0.4) is 0 Å². The van der Waals surface area contributed by atoms with E-state index in [0.29, 0.717) is 0 Å². The van der Waals surface area contributed by atoms with Crippen molar-refractivity contribution in [2.45, 2.75) is 26.7 Å². The summed E-state index contributed by atoms with van der Waals surface area (Å²) in [6.45, 7) is 5.17. The average Bonchev–Trinajstić information content (AvgIpc) is 2.44. The van der Waals surface area contributed by atoms with Gasteiger partial charge < -0.3 is 10.6 Å². The molecule has 4 nitrogen and oxygen atoms in total. The highest BCUT2D eigenvalue weighted by molar-refractivity contribution is 9.10. The summed E-state index contributed by atoms with van der Waals surface area (Å²) in [6.07, 6.45) is 3.87. The fourth-order valence-corrected chi connectivity index (χ4v) is 2.11. The van der Waals surface area contributed by atoms with E-state index in [1.165, 1.54) is 12.0 Å². The van der Waals surface area contributed by atoms with Gasteiger partial charge >= 0.3 is 0 Å². The summed E-state index contributed by atoms with van der Waals surface area (Å²) < 4.78 is 1.08. The van der Waals surface area contributed by atoms with Crippen molar-refractivity contribution >= 4 is 33.3 Å². The first-order chi connectivity index (χ1) is 9.69. The van der Waals surface area contributed by atoms with Crippen LogP contribution in [0, 0.1) is 6.92 Å². The minimum absolute atomic E-state index is 0.787. The van der Waals surface area contributed by atoms with Gasteiger partial charge in [0.2, 0.25) is 0 Å². The van der Waals surface area contributed by atoms with E-state index >= 15 is 0 Å². The van der Waals surface area contributed by atoms with Crippen molar-refractivity contribution in [1.29, 1.82) is 0 Å². The van der Waals surface area contributed by atoms with Gasteiger partial charge in [0.1, 0.15) is 18.0 Å². The van der Waals surface area contributed by atoms with Crippen LogP contribution >= 0.6 is 15.9 Å². The predicted molar refractivity (Wildman–Crippen MR) is 87.6 cm³/mol. The molecule has 0 aliphatic rings. The van der Waals surface area contributed by atoms with E-state index in [1.54, 1.807) is 6.33 Å². The Morgan fingerprint density at radius 2 is 1.95 bits per heavy atom. The molecule has 0 bridgehead atoms. The first-order valence-electron chi connectivity index (χ1n) is 6.78. The standard InChI is InChI=1S/C15H19BrN4/c1-3-4-7-17-14-9-15(19-10-18-14)20-12-6-5-11(2)13(16)8-12/h5-6,8-10H,3-4,7H2,1-2H3,(H2,17,18,19,20). The molecule has 106 valence electrons. The van der Waals surface area contributed by atoms with Crippen LogP contribution in [0.15, 0.2) is 35.1 Å².